The van der Waals surface area contributed by atoms with E-state index in [1.54, 1.807) is 6.08 Å². The third-order valence-electron chi connectivity index (χ3n) is 4.39. The van der Waals surface area contributed by atoms with Gasteiger partial charge in [0.25, 0.3) is 0 Å². The number of allylic oxidation sites excluding steroid dienone is 2. The van der Waals surface area contributed by atoms with Crippen LogP contribution in [0.15, 0.2) is 79.4 Å². The van der Waals surface area contributed by atoms with E-state index in [-0.39, 0.29) is 5.82 Å². The van der Waals surface area contributed by atoms with Crippen LogP contribution in [0.4, 0.5) is 4.39 Å². The Hall–Kier alpha value is -2.87. The smallest absolute Gasteiger partial charge is 0.138 e. The molecule has 1 nitrogen and oxygen atoms in total. The highest BCUT2D eigenvalue weighted by Gasteiger charge is 2.10. The second-order valence-electron chi connectivity index (χ2n) is 6.21. The number of ether oxygens (including phenoxy) is 1. The molecule has 0 saturated carbocycles. The van der Waals surface area contributed by atoms with Gasteiger partial charge in [-0.2, -0.15) is 0 Å². The lowest BCUT2D eigenvalue weighted by molar-refractivity contribution is 0.363. The van der Waals surface area contributed by atoms with Crippen molar-refractivity contribution in [3.05, 3.63) is 90.8 Å². The molecular weight excluding hydrogens is 323 g/mol. The lowest BCUT2D eigenvalue weighted by Gasteiger charge is -2.10. The topological polar surface area (TPSA) is 9.23 Å². The Balaban J connectivity index is 1.89. The second-order valence-corrected chi connectivity index (χ2v) is 6.21. The van der Waals surface area contributed by atoms with Gasteiger partial charge in [-0.15, -0.1) is 0 Å². The van der Waals surface area contributed by atoms with E-state index in [0.29, 0.717) is 17.6 Å². The van der Waals surface area contributed by atoms with E-state index in [9.17, 15) is 0 Å². The van der Waals surface area contributed by atoms with Crippen LogP contribution >= 0.6 is 0 Å². The van der Waals surface area contributed by atoms with Crippen molar-refractivity contribution in [3.63, 3.8) is 0 Å². The van der Waals surface area contributed by atoms with Crippen LogP contribution in [-0.2, 0) is 6.42 Å². The van der Waals surface area contributed by atoms with Gasteiger partial charge in [0, 0.05) is 10.9 Å². The number of aryl methyl sites for hydroxylation is 1. The fourth-order valence-corrected chi connectivity index (χ4v) is 3.02. The van der Waals surface area contributed by atoms with E-state index in [2.05, 4.69) is 24.8 Å². The minimum atomic E-state index is -0.178. The van der Waals surface area contributed by atoms with E-state index in [1.807, 2.05) is 55.5 Å². The maximum absolute atomic E-state index is 15.0. The molecule has 0 aliphatic heterocycles. The molecule has 3 aromatic carbocycles. The van der Waals surface area contributed by atoms with Gasteiger partial charge >= 0.3 is 0 Å². The zero-order valence-electron chi connectivity index (χ0n) is 15.0. The number of hydrogen-bond acceptors (Lipinski definition) is 1. The van der Waals surface area contributed by atoms with Crippen molar-refractivity contribution in [1.82, 2.24) is 0 Å². The summed E-state index contributed by atoms with van der Waals surface area (Å²) >= 11 is 0. The molecule has 0 amide bonds. The summed E-state index contributed by atoms with van der Waals surface area (Å²) in [5.41, 5.74) is 2.67. The molecule has 0 spiro atoms. The van der Waals surface area contributed by atoms with E-state index in [1.165, 1.54) is 5.56 Å². The fraction of sp³-hybridized carbons (Fsp3) is 0.167. The first-order valence-electron chi connectivity index (χ1n) is 8.89. The molecule has 2 heteroatoms. The largest absolute Gasteiger partial charge is 0.490 e. The van der Waals surface area contributed by atoms with E-state index in [4.69, 9.17) is 4.74 Å². The average Bonchev–Trinajstić information content (AvgIpc) is 2.67. The number of halogens is 1. The zero-order valence-corrected chi connectivity index (χ0v) is 15.0. The summed E-state index contributed by atoms with van der Waals surface area (Å²) < 4.78 is 20.5. The normalized spacial score (nSPS) is 11.2. The summed E-state index contributed by atoms with van der Waals surface area (Å²) in [5.74, 6) is 0.572. The van der Waals surface area contributed by atoms with Crippen LogP contribution in [0.3, 0.4) is 0 Å². The Labute approximate surface area is 154 Å². The summed E-state index contributed by atoms with van der Waals surface area (Å²) in [6.07, 6.45) is 7.87. The minimum absolute atomic E-state index is 0.178. The number of benzene rings is 3. The van der Waals surface area contributed by atoms with Crippen molar-refractivity contribution >= 4 is 10.8 Å². The van der Waals surface area contributed by atoms with Gasteiger partial charge in [-0.1, -0.05) is 67.3 Å². The SMILES string of the molecule is C=CCOc1ccc(-c2ccc3cc(CC/C=C/C)ccc3c2F)cc1. The Morgan fingerprint density at radius 2 is 1.85 bits per heavy atom. The number of fused-ring (bicyclic) bond motifs is 1. The Kier molecular flexibility index (Phi) is 5.85. The summed E-state index contributed by atoms with van der Waals surface area (Å²) in [4.78, 5) is 0. The molecule has 3 aromatic rings. The average molecular weight is 346 g/mol. The predicted octanol–water partition coefficient (Wildman–Crippen LogP) is 6.72. The third-order valence-corrected chi connectivity index (χ3v) is 4.39. The van der Waals surface area contributed by atoms with Crippen molar-refractivity contribution in [2.24, 2.45) is 0 Å². The number of hydrogen-bond donors (Lipinski definition) is 0. The molecule has 0 atom stereocenters. The first-order chi connectivity index (χ1) is 12.7. The Morgan fingerprint density at radius 1 is 1.04 bits per heavy atom. The molecule has 0 aliphatic carbocycles. The second kappa shape index (κ2) is 8.48. The molecule has 3 rings (SSSR count). The van der Waals surface area contributed by atoms with Crippen LogP contribution in [-0.4, -0.2) is 6.61 Å². The van der Waals surface area contributed by atoms with E-state index in [0.717, 1.165) is 29.5 Å². The van der Waals surface area contributed by atoms with Crippen LogP contribution in [0.1, 0.15) is 18.9 Å². The van der Waals surface area contributed by atoms with Crippen molar-refractivity contribution in [1.29, 1.82) is 0 Å². The third kappa shape index (κ3) is 4.02. The van der Waals surface area contributed by atoms with Gasteiger partial charge in [-0.25, -0.2) is 4.39 Å². The molecule has 0 heterocycles. The van der Waals surface area contributed by atoms with Crippen LogP contribution in [0, 0.1) is 5.82 Å². The maximum atomic E-state index is 15.0. The standard InChI is InChI=1S/C24H23FO/c1-3-5-6-7-18-8-14-23-20(17-18)11-15-22(24(23)25)19-9-12-21(13-10-19)26-16-4-2/h3-5,8-15,17H,2,6-7,16H2,1H3/b5-3+. The molecular formula is C24H23FO. The molecule has 0 saturated heterocycles. The first kappa shape index (κ1) is 17.9. The maximum Gasteiger partial charge on any atom is 0.138 e. The Bertz CT molecular complexity index is 923. The van der Waals surface area contributed by atoms with Crippen molar-refractivity contribution in [2.45, 2.75) is 19.8 Å². The molecule has 132 valence electrons. The predicted molar refractivity (Wildman–Crippen MR) is 108 cm³/mol. The van der Waals surface area contributed by atoms with Gasteiger partial charge in [0.05, 0.1) is 0 Å². The summed E-state index contributed by atoms with van der Waals surface area (Å²) in [7, 11) is 0. The zero-order chi connectivity index (χ0) is 18.4. The van der Waals surface area contributed by atoms with Gasteiger partial charge < -0.3 is 4.74 Å². The monoisotopic (exact) mass is 346 g/mol. The van der Waals surface area contributed by atoms with Crippen molar-refractivity contribution < 1.29 is 9.13 Å². The highest BCUT2D eigenvalue weighted by atomic mass is 19.1. The van der Waals surface area contributed by atoms with Gasteiger partial charge in [0.1, 0.15) is 18.2 Å². The van der Waals surface area contributed by atoms with Gasteiger partial charge in [-0.3, -0.25) is 0 Å². The minimum Gasteiger partial charge on any atom is -0.490 e. The van der Waals surface area contributed by atoms with Crippen molar-refractivity contribution in [3.8, 4) is 16.9 Å². The molecule has 0 unspecified atom stereocenters. The molecule has 0 radical (unpaired) electrons. The summed E-state index contributed by atoms with van der Waals surface area (Å²) in [6.45, 7) is 6.11. The molecule has 0 aliphatic rings. The summed E-state index contributed by atoms with van der Waals surface area (Å²) in [6, 6.07) is 17.3. The van der Waals surface area contributed by atoms with Gasteiger partial charge in [0.15, 0.2) is 0 Å². The number of rotatable bonds is 7. The molecule has 0 bridgehead atoms. The highest BCUT2D eigenvalue weighted by molar-refractivity contribution is 5.88. The van der Waals surface area contributed by atoms with Crippen molar-refractivity contribution in [2.75, 3.05) is 6.61 Å². The van der Waals surface area contributed by atoms with Crippen LogP contribution < -0.4 is 4.74 Å². The van der Waals surface area contributed by atoms with Crippen LogP contribution in [0.5, 0.6) is 5.75 Å². The quantitative estimate of drug-likeness (QED) is 0.431. The lowest BCUT2D eigenvalue weighted by Crippen LogP contribution is -1.93. The Morgan fingerprint density at radius 3 is 2.58 bits per heavy atom. The van der Waals surface area contributed by atoms with Gasteiger partial charge in [0.2, 0.25) is 0 Å². The molecule has 26 heavy (non-hydrogen) atoms. The molecule has 0 N–H and O–H groups in total. The first-order valence-corrected chi connectivity index (χ1v) is 8.89. The molecule has 0 aromatic heterocycles. The van der Waals surface area contributed by atoms with Crippen LogP contribution in [0.25, 0.3) is 21.9 Å². The van der Waals surface area contributed by atoms with Crippen LogP contribution in [0.2, 0.25) is 0 Å². The van der Waals surface area contributed by atoms with E-state index < -0.39 is 0 Å². The fourth-order valence-electron chi connectivity index (χ4n) is 3.02. The lowest BCUT2D eigenvalue weighted by atomic mass is 9.98. The van der Waals surface area contributed by atoms with Gasteiger partial charge in [-0.05, 0) is 48.4 Å². The highest BCUT2D eigenvalue weighted by Crippen LogP contribution is 2.30. The molecule has 0 fully saturated rings. The summed E-state index contributed by atoms with van der Waals surface area (Å²) in [5, 5.41) is 1.60. The van der Waals surface area contributed by atoms with E-state index >= 15 is 4.39 Å².